The first-order valence-electron chi connectivity index (χ1n) is 9.81. The molecule has 0 saturated carbocycles. The van der Waals surface area contributed by atoms with Gasteiger partial charge in [0.2, 0.25) is 17.4 Å². The third-order valence-electron chi connectivity index (χ3n) is 5.07. The highest BCUT2D eigenvalue weighted by Gasteiger charge is 2.36. The number of carbonyl (C=O) groups excluding carboxylic acids is 2. The van der Waals surface area contributed by atoms with Crippen LogP contribution in [0.4, 0.5) is 0 Å². The Morgan fingerprint density at radius 2 is 2.07 bits per heavy atom. The van der Waals surface area contributed by atoms with E-state index in [4.69, 9.17) is 0 Å². The number of benzene rings is 1. The number of likely N-dealkylation sites (tertiary alicyclic amines) is 1. The van der Waals surface area contributed by atoms with Crippen LogP contribution in [0.3, 0.4) is 0 Å². The van der Waals surface area contributed by atoms with Crippen molar-refractivity contribution in [3.8, 4) is 6.07 Å². The average Bonchev–Trinajstić information content (AvgIpc) is 3.14. The number of aromatic nitrogens is 1. The summed E-state index contributed by atoms with van der Waals surface area (Å²) in [6.07, 6.45) is 1.67. The van der Waals surface area contributed by atoms with Crippen LogP contribution < -0.4 is 10.9 Å². The van der Waals surface area contributed by atoms with Gasteiger partial charge in [-0.1, -0.05) is 39.0 Å². The van der Waals surface area contributed by atoms with Crippen LogP contribution in [0.25, 0.3) is 10.9 Å². The van der Waals surface area contributed by atoms with E-state index in [0.29, 0.717) is 35.9 Å². The number of aromatic amines is 1. The molecule has 2 aromatic rings. The Hall–Kier alpha value is -3.14. The molecule has 1 aliphatic rings. The van der Waals surface area contributed by atoms with E-state index in [0.717, 1.165) is 6.42 Å². The molecule has 1 saturated heterocycles. The zero-order valence-electron chi connectivity index (χ0n) is 17.0. The summed E-state index contributed by atoms with van der Waals surface area (Å²) in [6.45, 7) is 6.50. The molecule has 1 aliphatic heterocycles. The van der Waals surface area contributed by atoms with Crippen molar-refractivity contribution in [2.45, 2.75) is 52.1 Å². The SMILES string of the molecule is CC(C)(C)CC(=O)N1CCCC1C(=O)NC(C#N)c1cc(=O)[nH]c2ccccc12. The molecule has 152 valence electrons. The molecule has 2 unspecified atom stereocenters. The van der Waals surface area contributed by atoms with Crippen molar-refractivity contribution >= 4 is 22.7 Å². The molecule has 0 radical (unpaired) electrons. The topological polar surface area (TPSA) is 106 Å². The molecule has 2 amide bonds. The molecule has 1 aromatic carbocycles. The normalized spacial score (nSPS) is 17.7. The lowest BCUT2D eigenvalue weighted by atomic mass is 9.91. The molecule has 2 N–H and O–H groups in total. The molecular weight excluding hydrogens is 368 g/mol. The zero-order chi connectivity index (χ0) is 21.2. The Labute approximate surface area is 169 Å². The molecule has 3 rings (SSSR count). The van der Waals surface area contributed by atoms with Crippen LogP contribution in [-0.4, -0.2) is 34.3 Å². The average molecular weight is 394 g/mol. The summed E-state index contributed by atoms with van der Waals surface area (Å²) in [7, 11) is 0. The molecule has 2 heterocycles. The second kappa shape index (κ2) is 8.08. The van der Waals surface area contributed by atoms with Crippen molar-refractivity contribution in [3.63, 3.8) is 0 Å². The van der Waals surface area contributed by atoms with Gasteiger partial charge in [-0.2, -0.15) is 5.26 Å². The number of para-hydroxylation sites is 1. The van der Waals surface area contributed by atoms with E-state index >= 15 is 0 Å². The number of pyridine rings is 1. The highest BCUT2D eigenvalue weighted by Crippen LogP contribution is 2.26. The Kier molecular flexibility index (Phi) is 5.73. The predicted molar refractivity (Wildman–Crippen MR) is 110 cm³/mol. The number of H-pyrrole nitrogens is 1. The summed E-state index contributed by atoms with van der Waals surface area (Å²) < 4.78 is 0. The number of amides is 2. The first-order chi connectivity index (χ1) is 13.7. The van der Waals surface area contributed by atoms with Crippen LogP contribution in [0.2, 0.25) is 0 Å². The standard InChI is InChI=1S/C22H26N4O3/c1-22(2,3)12-20(28)26-10-6-9-18(26)21(29)25-17(13-23)15-11-19(27)24-16-8-5-4-7-14(15)16/h4-5,7-8,11,17-18H,6,9-10,12H2,1-3H3,(H,24,27)(H,25,29). The van der Waals surface area contributed by atoms with Gasteiger partial charge in [-0.05, 0) is 24.3 Å². The molecular formula is C22H26N4O3. The van der Waals surface area contributed by atoms with Crippen molar-refractivity contribution in [1.82, 2.24) is 15.2 Å². The Morgan fingerprint density at radius 1 is 1.34 bits per heavy atom. The van der Waals surface area contributed by atoms with Crippen molar-refractivity contribution in [2.24, 2.45) is 5.41 Å². The van der Waals surface area contributed by atoms with Gasteiger partial charge in [0.05, 0.1) is 6.07 Å². The van der Waals surface area contributed by atoms with Crippen LogP contribution in [0, 0.1) is 16.7 Å². The third-order valence-corrected chi connectivity index (χ3v) is 5.07. The van der Waals surface area contributed by atoms with E-state index < -0.39 is 12.1 Å². The Morgan fingerprint density at radius 3 is 2.76 bits per heavy atom. The van der Waals surface area contributed by atoms with Gasteiger partial charge in [-0.15, -0.1) is 0 Å². The van der Waals surface area contributed by atoms with Crippen molar-refractivity contribution in [2.75, 3.05) is 6.54 Å². The quantitative estimate of drug-likeness (QED) is 0.831. The number of fused-ring (bicyclic) bond motifs is 1. The van der Waals surface area contributed by atoms with Crippen LogP contribution in [0.1, 0.15) is 51.6 Å². The highest BCUT2D eigenvalue weighted by molar-refractivity contribution is 5.90. The fourth-order valence-corrected chi connectivity index (χ4v) is 3.78. The second-order valence-electron chi connectivity index (χ2n) is 8.69. The largest absolute Gasteiger partial charge is 0.335 e. The minimum Gasteiger partial charge on any atom is -0.335 e. The smallest absolute Gasteiger partial charge is 0.248 e. The fraction of sp³-hybridized carbons (Fsp3) is 0.455. The number of hydrogen-bond acceptors (Lipinski definition) is 4. The molecule has 0 aliphatic carbocycles. The lowest BCUT2D eigenvalue weighted by Crippen LogP contribution is -2.47. The van der Waals surface area contributed by atoms with E-state index in [9.17, 15) is 19.6 Å². The number of hydrogen-bond donors (Lipinski definition) is 2. The van der Waals surface area contributed by atoms with E-state index in [-0.39, 0.29) is 22.8 Å². The number of nitriles is 1. The van der Waals surface area contributed by atoms with Gasteiger partial charge in [0.25, 0.3) is 0 Å². The van der Waals surface area contributed by atoms with E-state index in [2.05, 4.69) is 16.4 Å². The number of rotatable bonds is 4. The summed E-state index contributed by atoms with van der Waals surface area (Å²) >= 11 is 0. The van der Waals surface area contributed by atoms with Gasteiger partial charge in [-0.3, -0.25) is 14.4 Å². The second-order valence-corrected chi connectivity index (χ2v) is 8.69. The van der Waals surface area contributed by atoms with Gasteiger partial charge in [0, 0.05) is 35.5 Å². The third kappa shape index (κ3) is 4.65. The van der Waals surface area contributed by atoms with E-state index in [1.807, 2.05) is 26.8 Å². The van der Waals surface area contributed by atoms with Gasteiger partial charge >= 0.3 is 0 Å². The van der Waals surface area contributed by atoms with Crippen molar-refractivity contribution in [1.29, 1.82) is 5.26 Å². The maximum Gasteiger partial charge on any atom is 0.248 e. The molecule has 1 fully saturated rings. The first kappa shape index (κ1) is 20.6. The van der Waals surface area contributed by atoms with E-state index in [1.165, 1.54) is 6.07 Å². The van der Waals surface area contributed by atoms with Gasteiger partial charge in [0.15, 0.2) is 0 Å². The van der Waals surface area contributed by atoms with Gasteiger partial charge < -0.3 is 15.2 Å². The summed E-state index contributed by atoms with van der Waals surface area (Å²) in [5.41, 5.74) is 0.550. The molecule has 29 heavy (non-hydrogen) atoms. The van der Waals surface area contributed by atoms with Crippen LogP contribution in [-0.2, 0) is 9.59 Å². The molecule has 1 aromatic heterocycles. The van der Waals surface area contributed by atoms with Crippen molar-refractivity contribution < 1.29 is 9.59 Å². The monoisotopic (exact) mass is 394 g/mol. The summed E-state index contributed by atoms with van der Waals surface area (Å²) in [6, 6.07) is 9.01. The molecule has 2 atom stereocenters. The first-order valence-corrected chi connectivity index (χ1v) is 9.81. The summed E-state index contributed by atoms with van der Waals surface area (Å²) in [5.74, 6) is -0.411. The Bertz CT molecular complexity index is 1030. The zero-order valence-corrected chi connectivity index (χ0v) is 17.0. The molecule has 7 heteroatoms. The van der Waals surface area contributed by atoms with Crippen LogP contribution >= 0.6 is 0 Å². The fourth-order valence-electron chi connectivity index (χ4n) is 3.78. The maximum atomic E-state index is 12.9. The number of nitrogens with one attached hydrogen (secondary N) is 2. The van der Waals surface area contributed by atoms with Crippen LogP contribution in [0.5, 0.6) is 0 Å². The molecule has 7 nitrogen and oxygen atoms in total. The number of carbonyl (C=O) groups is 2. The summed E-state index contributed by atoms with van der Waals surface area (Å²) in [5, 5.41) is 13.1. The number of nitrogens with zero attached hydrogens (tertiary/aromatic N) is 2. The Balaban J connectivity index is 1.83. The molecule has 0 spiro atoms. The van der Waals surface area contributed by atoms with E-state index in [1.54, 1.807) is 23.1 Å². The molecule has 0 bridgehead atoms. The van der Waals surface area contributed by atoms with Crippen molar-refractivity contribution in [3.05, 3.63) is 46.2 Å². The minimum absolute atomic E-state index is 0.0507. The highest BCUT2D eigenvalue weighted by atomic mass is 16.2. The van der Waals surface area contributed by atoms with Crippen LogP contribution in [0.15, 0.2) is 35.1 Å². The summed E-state index contributed by atoms with van der Waals surface area (Å²) in [4.78, 5) is 42.0. The van der Waals surface area contributed by atoms with Gasteiger partial charge in [-0.25, -0.2) is 0 Å². The lowest BCUT2D eigenvalue weighted by molar-refractivity contribution is -0.140. The minimum atomic E-state index is -0.977. The predicted octanol–water partition coefficient (Wildman–Crippen LogP) is 2.64. The maximum absolute atomic E-state index is 12.9. The lowest BCUT2D eigenvalue weighted by Gasteiger charge is -2.28. The van der Waals surface area contributed by atoms with Gasteiger partial charge in [0.1, 0.15) is 12.1 Å².